The number of hydrogen-bond acceptors (Lipinski definition) is 3. The van der Waals surface area contributed by atoms with Crippen LogP contribution in [-0.4, -0.2) is 21.5 Å². The lowest BCUT2D eigenvalue weighted by atomic mass is 9.67. The first kappa shape index (κ1) is 16.6. The fourth-order valence-electron chi connectivity index (χ4n) is 5.72. The third-order valence-electron chi connectivity index (χ3n) is 6.86. The van der Waals surface area contributed by atoms with Gasteiger partial charge in [-0.2, -0.15) is 0 Å². The molecule has 3 fully saturated rings. The molecule has 0 aromatic heterocycles. The number of thioether (sulfide) groups is 2. The van der Waals surface area contributed by atoms with Crippen molar-refractivity contribution in [2.45, 2.75) is 55.4 Å². The molecule has 1 N–H and O–H groups in total. The minimum Gasteiger partial charge on any atom is -0.326 e. The monoisotopic (exact) mass is 373 g/mol. The average molecular weight is 374 g/mol. The molecular formula is C21H27NOS2. The van der Waals surface area contributed by atoms with Gasteiger partial charge in [-0.3, -0.25) is 4.79 Å². The van der Waals surface area contributed by atoms with Crippen molar-refractivity contribution < 1.29 is 4.79 Å². The van der Waals surface area contributed by atoms with E-state index < -0.39 is 0 Å². The van der Waals surface area contributed by atoms with Crippen molar-refractivity contribution in [2.24, 2.45) is 17.8 Å². The summed E-state index contributed by atoms with van der Waals surface area (Å²) in [5.41, 5.74) is 3.93. The number of hydrogen-bond donors (Lipinski definition) is 1. The lowest BCUT2D eigenvalue weighted by Crippen LogP contribution is -2.48. The lowest BCUT2D eigenvalue weighted by Gasteiger charge is -2.52. The number of carbonyl (C=O) groups excluding carboxylic acids is 1. The Hall–Kier alpha value is -0.610. The molecule has 0 radical (unpaired) electrons. The Balaban J connectivity index is 1.30. The third-order valence-corrected chi connectivity index (χ3v) is 10.9. The van der Waals surface area contributed by atoms with Gasteiger partial charge in [-0.1, -0.05) is 12.5 Å². The standard InChI is InChI=1S/C21H27NOS2/c23-20(22-19-8-7-14-3-1-4-15(14)13-19)16-11-17-5-2-6-18(12-16)21(17)24-9-10-25-21/h7-8,13,16-18H,1-6,9-12H2,(H,22,23)/t16?,17-,18+. The molecule has 1 unspecified atom stereocenters. The highest BCUT2D eigenvalue weighted by atomic mass is 32.2. The second-order valence-electron chi connectivity index (χ2n) is 8.24. The van der Waals surface area contributed by atoms with Crippen molar-refractivity contribution in [2.75, 3.05) is 16.8 Å². The van der Waals surface area contributed by atoms with E-state index in [0.717, 1.165) is 30.4 Å². The van der Waals surface area contributed by atoms with Gasteiger partial charge in [-0.25, -0.2) is 0 Å². The third kappa shape index (κ3) is 2.84. The van der Waals surface area contributed by atoms with E-state index >= 15 is 0 Å². The van der Waals surface area contributed by atoms with Crippen LogP contribution in [0.15, 0.2) is 18.2 Å². The number of anilines is 1. The average Bonchev–Trinajstić information content (AvgIpc) is 3.24. The zero-order chi connectivity index (χ0) is 16.9. The fraction of sp³-hybridized carbons (Fsp3) is 0.667. The second-order valence-corrected chi connectivity index (χ2v) is 11.2. The predicted octanol–water partition coefficient (Wildman–Crippen LogP) is 5.12. The predicted molar refractivity (Wildman–Crippen MR) is 108 cm³/mol. The summed E-state index contributed by atoms with van der Waals surface area (Å²) >= 11 is 4.44. The van der Waals surface area contributed by atoms with Crippen molar-refractivity contribution in [3.05, 3.63) is 29.3 Å². The molecule has 5 rings (SSSR count). The summed E-state index contributed by atoms with van der Waals surface area (Å²) < 4.78 is 0.461. The first-order valence-electron chi connectivity index (χ1n) is 9.95. The molecule has 4 aliphatic rings. The summed E-state index contributed by atoms with van der Waals surface area (Å²) in [6.07, 6.45) is 9.88. The molecule has 2 saturated carbocycles. The van der Waals surface area contributed by atoms with Crippen LogP contribution in [0.3, 0.4) is 0 Å². The molecule has 1 aromatic rings. The van der Waals surface area contributed by atoms with Crippen molar-refractivity contribution in [3.63, 3.8) is 0 Å². The number of fused-ring (bicyclic) bond motifs is 1. The van der Waals surface area contributed by atoms with Crippen molar-refractivity contribution >= 4 is 35.1 Å². The molecule has 1 heterocycles. The quantitative estimate of drug-likeness (QED) is 0.780. The van der Waals surface area contributed by atoms with Crippen LogP contribution in [0.4, 0.5) is 5.69 Å². The van der Waals surface area contributed by atoms with E-state index in [1.165, 1.54) is 61.2 Å². The van der Waals surface area contributed by atoms with Gasteiger partial charge in [0.2, 0.25) is 5.91 Å². The van der Waals surface area contributed by atoms with E-state index in [0.29, 0.717) is 4.08 Å². The molecule has 4 heteroatoms. The molecule has 1 saturated heterocycles. The highest BCUT2D eigenvalue weighted by Gasteiger charge is 2.55. The molecule has 134 valence electrons. The zero-order valence-corrected chi connectivity index (χ0v) is 16.4. The van der Waals surface area contributed by atoms with Gasteiger partial charge in [0.1, 0.15) is 0 Å². The molecule has 3 atom stereocenters. The largest absolute Gasteiger partial charge is 0.326 e. The van der Waals surface area contributed by atoms with Crippen molar-refractivity contribution in [1.82, 2.24) is 0 Å². The van der Waals surface area contributed by atoms with E-state index in [4.69, 9.17) is 0 Å². The van der Waals surface area contributed by atoms with Gasteiger partial charge in [0, 0.05) is 23.1 Å². The fourth-order valence-corrected chi connectivity index (χ4v) is 9.65. The molecule has 3 aliphatic carbocycles. The maximum atomic E-state index is 13.0. The normalized spacial score (nSPS) is 32.6. The van der Waals surface area contributed by atoms with Crippen molar-refractivity contribution in [3.8, 4) is 0 Å². The summed E-state index contributed by atoms with van der Waals surface area (Å²) in [4.78, 5) is 13.0. The van der Waals surface area contributed by atoms with Gasteiger partial charge in [0.05, 0.1) is 4.08 Å². The Kier molecular flexibility index (Phi) is 4.32. The van der Waals surface area contributed by atoms with Crippen molar-refractivity contribution in [1.29, 1.82) is 0 Å². The van der Waals surface area contributed by atoms with Crippen LogP contribution >= 0.6 is 23.5 Å². The molecule has 2 bridgehead atoms. The van der Waals surface area contributed by atoms with Gasteiger partial charge >= 0.3 is 0 Å². The van der Waals surface area contributed by atoms with E-state index in [9.17, 15) is 4.79 Å². The summed E-state index contributed by atoms with van der Waals surface area (Å²) in [6.45, 7) is 0. The summed E-state index contributed by atoms with van der Waals surface area (Å²) in [7, 11) is 0. The molecule has 1 amide bonds. The van der Waals surface area contributed by atoms with E-state index in [2.05, 4.69) is 47.0 Å². The molecule has 1 aliphatic heterocycles. The first-order chi connectivity index (χ1) is 12.2. The lowest BCUT2D eigenvalue weighted by molar-refractivity contribution is -0.122. The first-order valence-corrected chi connectivity index (χ1v) is 11.9. The highest BCUT2D eigenvalue weighted by Crippen LogP contribution is 2.64. The molecule has 2 nitrogen and oxygen atoms in total. The van der Waals surface area contributed by atoms with Gasteiger partial charge < -0.3 is 5.32 Å². The SMILES string of the molecule is O=C(Nc1ccc2c(c1)CCC2)C1C[C@H]2CCC[C@@H](C1)C21SCCS1. The van der Waals surface area contributed by atoms with E-state index in [1.807, 2.05) is 0 Å². The van der Waals surface area contributed by atoms with Gasteiger partial charge in [-0.05, 0) is 80.0 Å². The zero-order valence-electron chi connectivity index (χ0n) is 14.8. The maximum Gasteiger partial charge on any atom is 0.227 e. The van der Waals surface area contributed by atoms with Crippen LogP contribution in [0.1, 0.15) is 49.7 Å². The summed E-state index contributed by atoms with van der Waals surface area (Å²) in [5, 5.41) is 3.26. The number of carbonyl (C=O) groups is 1. The number of rotatable bonds is 2. The van der Waals surface area contributed by atoms with Crippen LogP contribution in [0.2, 0.25) is 0 Å². The van der Waals surface area contributed by atoms with E-state index in [1.54, 1.807) is 0 Å². The van der Waals surface area contributed by atoms with Gasteiger partial charge in [0.15, 0.2) is 0 Å². The van der Waals surface area contributed by atoms with Crippen LogP contribution in [0, 0.1) is 17.8 Å². The summed E-state index contributed by atoms with van der Waals surface area (Å²) in [5.74, 6) is 4.60. The minimum absolute atomic E-state index is 0.218. The number of benzene rings is 1. The number of aryl methyl sites for hydroxylation is 2. The van der Waals surface area contributed by atoms with Gasteiger partial charge in [0.25, 0.3) is 0 Å². The Morgan fingerprint density at radius 2 is 1.72 bits per heavy atom. The minimum atomic E-state index is 0.218. The van der Waals surface area contributed by atoms with Crippen LogP contribution in [0.5, 0.6) is 0 Å². The Morgan fingerprint density at radius 3 is 2.48 bits per heavy atom. The van der Waals surface area contributed by atoms with E-state index in [-0.39, 0.29) is 11.8 Å². The van der Waals surface area contributed by atoms with Crippen LogP contribution in [0.25, 0.3) is 0 Å². The second kappa shape index (κ2) is 6.53. The van der Waals surface area contributed by atoms with Gasteiger partial charge in [-0.15, -0.1) is 23.5 Å². The topological polar surface area (TPSA) is 29.1 Å². The molecule has 1 aromatic carbocycles. The van der Waals surface area contributed by atoms with Crippen LogP contribution < -0.4 is 5.32 Å². The molecule has 25 heavy (non-hydrogen) atoms. The smallest absolute Gasteiger partial charge is 0.227 e. The maximum absolute atomic E-state index is 13.0. The Bertz CT molecular complexity index is 666. The Morgan fingerprint density at radius 1 is 1.00 bits per heavy atom. The Labute approximate surface area is 159 Å². The number of nitrogens with one attached hydrogen (secondary N) is 1. The molecule has 1 spiro atoms. The number of amides is 1. The highest BCUT2D eigenvalue weighted by molar-refractivity contribution is 8.21. The molecular weight excluding hydrogens is 346 g/mol. The summed E-state index contributed by atoms with van der Waals surface area (Å²) in [6, 6.07) is 6.54. The van der Waals surface area contributed by atoms with Crippen LogP contribution in [-0.2, 0) is 17.6 Å².